The van der Waals surface area contributed by atoms with Crippen LogP contribution in [0.1, 0.15) is 33.6 Å². The molecule has 4 heteroatoms. The molecule has 0 aromatic heterocycles. The highest BCUT2D eigenvalue weighted by atomic mass is 16.2. The number of carbonyl (C=O) groups is 2. The number of amides is 3. The van der Waals surface area contributed by atoms with Crippen molar-refractivity contribution in [3.8, 4) is 0 Å². The Bertz CT molecular complexity index is 162. The zero-order chi connectivity index (χ0) is 10.3. The summed E-state index contributed by atoms with van der Waals surface area (Å²) in [5.41, 5.74) is 0. The monoisotopic (exact) mass is 186 g/mol. The lowest BCUT2D eigenvalue weighted by Crippen LogP contribution is -2.43. The second-order valence-corrected chi connectivity index (χ2v) is 2.72. The predicted molar refractivity (Wildman–Crippen MR) is 51.4 cm³/mol. The second kappa shape index (κ2) is 6.46. The molecule has 0 fully saturated rings. The van der Waals surface area contributed by atoms with Gasteiger partial charge in [0, 0.05) is 19.5 Å². The van der Waals surface area contributed by atoms with Crippen molar-refractivity contribution < 1.29 is 9.59 Å². The second-order valence-electron chi connectivity index (χ2n) is 2.72. The number of hydrogen-bond acceptors (Lipinski definition) is 2. The van der Waals surface area contributed by atoms with E-state index in [9.17, 15) is 9.59 Å². The van der Waals surface area contributed by atoms with Gasteiger partial charge in [-0.05, 0) is 20.3 Å². The Morgan fingerprint density at radius 2 is 1.85 bits per heavy atom. The summed E-state index contributed by atoms with van der Waals surface area (Å²) >= 11 is 0. The molecule has 0 aliphatic rings. The first kappa shape index (κ1) is 11.9. The van der Waals surface area contributed by atoms with Crippen molar-refractivity contribution in [2.75, 3.05) is 13.1 Å². The van der Waals surface area contributed by atoms with Gasteiger partial charge in [0.2, 0.25) is 5.91 Å². The number of nitrogens with zero attached hydrogens (tertiary/aromatic N) is 1. The van der Waals surface area contributed by atoms with E-state index in [0.29, 0.717) is 19.5 Å². The summed E-state index contributed by atoms with van der Waals surface area (Å²) in [4.78, 5) is 23.9. The normalized spacial score (nSPS) is 9.46. The number of urea groups is 1. The maximum atomic E-state index is 11.4. The van der Waals surface area contributed by atoms with Crippen molar-refractivity contribution in [3.63, 3.8) is 0 Å². The fraction of sp³-hybridized carbons (Fsp3) is 0.778. The van der Waals surface area contributed by atoms with Crippen LogP contribution >= 0.6 is 0 Å². The first-order valence-electron chi connectivity index (χ1n) is 4.75. The Morgan fingerprint density at radius 3 is 2.23 bits per heavy atom. The molecule has 0 bridgehead atoms. The summed E-state index contributed by atoms with van der Waals surface area (Å²) in [6.07, 6.45) is 1.21. The van der Waals surface area contributed by atoms with Crippen molar-refractivity contribution >= 4 is 11.9 Å². The van der Waals surface area contributed by atoms with E-state index in [1.54, 1.807) is 6.92 Å². The van der Waals surface area contributed by atoms with Crippen LogP contribution in [0.15, 0.2) is 0 Å². The van der Waals surface area contributed by atoms with E-state index in [-0.39, 0.29) is 11.9 Å². The van der Waals surface area contributed by atoms with E-state index >= 15 is 0 Å². The van der Waals surface area contributed by atoms with E-state index in [4.69, 9.17) is 0 Å². The van der Waals surface area contributed by atoms with Gasteiger partial charge in [-0.2, -0.15) is 0 Å². The van der Waals surface area contributed by atoms with Gasteiger partial charge < -0.3 is 5.32 Å². The fourth-order valence-electron chi connectivity index (χ4n) is 1.03. The van der Waals surface area contributed by atoms with E-state index in [1.807, 2.05) is 13.8 Å². The van der Waals surface area contributed by atoms with Gasteiger partial charge in [0.15, 0.2) is 0 Å². The molecule has 0 aliphatic heterocycles. The molecule has 0 atom stereocenters. The fourth-order valence-corrected chi connectivity index (χ4v) is 1.03. The van der Waals surface area contributed by atoms with E-state index < -0.39 is 0 Å². The first-order chi connectivity index (χ1) is 6.17. The van der Waals surface area contributed by atoms with E-state index in [2.05, 4.69) is 5.32 Å². The molecule has 0 aromatic rings. The molecule has 1 N–H and O–H groups in total. The number of imide groups is 1. The van der Waals surface area contributed by atoms with E-state index in [1.165, 1.54) is 4.90 Å². The third kappa shape index (κ3) is 3.92. The Hall–Kier alpha value is -1.06. The third-order valence-corrected chi connectivity index (χ3v) is 1.65. The SMILES string of the molecule is CCCC(=O)N(CC)C(=O)NCC. The lowest BCUT2D eigenvalue weighted by atomic mass is 10.3. The van der Waals surface area contributed by atoms with Crippen molar-refractivity contribution in [2.45, 2.75) is 33.6 Å². The highest BCUT2D eigenvalue weighted by Crippen LogP contribution is 1.97. The molecule has 0 saturated carbocycles. The molecule has 0 radical (unpaired) electrons. The summed E-state index contributed by atoms with van der Waals surface area (Å²) in [5, 5.41) is 2.60. The average molecular weight is 186 g/mol. The summed E-state index contributed by atoms with van der Waals surface area (Å²) < 4.78 is 0. The van der Waals surface area contributed by atoms with Gasteiger partial charge in [0.05, 0.1) is 0 Å². The quantitative estimate of drug-likeness (QED) is 0.720. The van der Waals surface area contributed by atoms with Gasteiger partial charge in [-0.15, -0.1) is 0 Å². The molecule has 3 amide bonds. The smallest absolute Gasteiger partial charge is 0.324 e. The summed E-state index contributed by atoms with van der Waals surface area (Å²) in [7, 11) is 0. The van der Waals surface area contributed by atoms with Gasteiger partial charge in [0.25, 0.3) is 0 Å². The van der Waals surface area contributed by atoms with E-state index in [0.717, 1.165) is 6.42 Å². The standard InChI is InChI=1S/C9H18N2O2/c1-4-7-8(12)11(6-3)9(13)10-5-2/h4-7H2,1-3H3,(H,10,13). The molecule has 0 spiro atoms. The molecular formula is C9H18N2O2. The molecule has 0 aliphatic carbocycles. The van der Waals surface area contributed by atoms with Crippen LogP contribution in [0.3, 0.4) is 0 Å². The molecule has 0 saturated heterocycles. The molecule has 76 valence electrons. The Labute approximate surface area is 79.3 Å². The van der Waals surface area contributed by atoms with Gasteiger partial charge in [-0.3, -0.25) is 9.69 Å². The van der Waals surface area contributed by atoms with Gasteiger partial charge >= 0.3 is 6.03 Å². The van der Waals surface area contributed by atoms with Crippen LogP contribution in [0, 0.1) is 0 Å². The number of nitrogens with one attached hydrogen (secondary N) is 1. The molecule has 0 heterocycles. The molecule has 4 nitrogen and oxygen atoms in total. The maximum Gasteiger partial charge on any atom is 0.324 e. The molecule has 0 rings (SSSR count). The lowest BCUT2D eigenvalue weighted by Gasteiger charge is -2.18. The lowest BCUT2D eigenvalue weighted by molar-refractivity contribution is -0.128. The number of hydrogen-bond donors (Lipinski definition) is 1. The number of carbonyl (C=O) groups excluding carboxylic acids is 2. The minimum atomic E-state index is -0.288. The van der Waals surface area contributed by atoms with Gasteiger partial charge in [-0.1, -0.05) is 6.92 Å². The van der Waals surface area contributed by atoms with Gasteiger partial charge in [-0.25, -0.2) is 4.79 Å². The summed E-state index contributed by atoms with van der Waals surface area (Å²) in [6.45, 7) is 6.53. The van der Waals surface area contributed by atoms with Crippen LogP contribution in [0.5, 0.6) is 0 Å². The highest BCUT2D eigenvalue weighted by Gasteiger charge is 2.17. The summed E-state index contributed by atoms with van der Waals surface area (Å²) in [6, 6.07) is -0.288. The van der Waals surface area contributed by atoms with Crippen LogP contribution < -0.4 is 5.32 Å². The molecule has 0 unspecified atom stereocenters. The van der Waals surface area contributed by atoms with Gasteiger partial charge in [0.1, 0.15) is 0 Å². The van der Waals surface area contributed by atoms with Crippen molar-refractivity contribution in [1.82, 2.24) is 10.2 Å². The highest BCUT2D eigenvalue weighted by molar-refractivity contribution is 5.94. The maximum absolute atomic E-state index is 11.4. The third-order valence-electron chi connectivity index (χ3n) is 1.65. The first-order valence-corrected chi connectivity index (χ1v) is 4.75. The molecule has 13 heavy (non-hydrogen) atoms. The Morgan fingerprint density at radius 1 is 1.23 bits per heavy atom. The van der Waals surface area contributed by atoms with Crippen LogP contribution in [-0.2, 0) is 4.79 Å². The van der Waals surface area contributed by atoms with Crippen LogP contribution in [-0.4, -0.2) is 29.9 Å². The average Bonchev–Trinajstić information content (AvgIpc) is 2.06. The predicted octanol–water partition coefficient (Wildman–Crippen LogP) is 1.36. The van der Waals surface area contributed by atoms with Crippen molar-refractivity contribution in [2.24, 2.45) is 0 Å². The Balaban J connectivity index is 4.15. The largest absolute Gasteiger partial charge is 0.338 e. The minimum Gasteiger partial charge on any atom is -0.338 e. The van der Waals surface area contributed by atoms with Crippen LogP contribution in [0.25, 0.3) is 0 Å². The molecular weight excluding hydrogens is 168 g/mol. The van der Waals surface area contributed by atoms with Crippen molar-refractivity contribution in [1.29, 1.82) is 0 Å². The number of rotatable bonds is 4. The Kier molecular flexibility index (Phi) is 5.93. The van der Waals surface area contributed by atoms with Crippen molar-refractivity contribution in [3.05, 3.63) is 0 Å². The topological polar surface area (TPSA) is 49.4 Å². The van der Waals surface area contributed by atoms with Crippen LogP contribution in [0.4, 0.5) is 4.79 Å². The van der Waals surface area contributed by atoms with Crippen LogP contribution in [0.2, 0.25) is 0 Å². The summed E-state index contributed by atoms with van der Waals surface area (Å²) in [5.74, 6) is -0.101. The molecule has 0 aromatic carbocycles. The minimum absolute atomic E-state index is 0.101. The zero-order valence-corrected chi connectivity index (χ0v) is 8.59. The zero-order valence-electron chi connectivity index (χ0n) is 8.59.